The van der Waals surface area contributed by atoms with Gasteiger partial charge in [0.05, 0.1) is 0 Å². The predicted molar refractivity (Wildman–Crippen MR) is 295 cm³/mol. The molecule has 0 aliphatic heterocycles. The second-order valence-electron chi connectivity index (χ2n) is 16.9. The highest BCUT2D eigenvalue weighted by Crippen LogP contribution is 2.40. The van der Waals surface area contributed by atoms with Gasteiger partial charge < -0.3 is 9.80 Å². The molecular weight excluding hydrogens is 821 g/mol. The zero-order valence-corrected chi connectivity index (χ0v) is 38.5. The zero-order valence-electron chi connectivity index (χ0n) is 38.5. The molecule has 11 aromatic rings. The number of hydrogen-bond donors (Lipinski definition) is 0. The maximum atomic E-state index is 2.34. The van der Waals surface area contributed by atoms with Crippen LogP contribution in [0, 0.1) is 0 Å². The van der Waals surface area contributed by atoms with Crippen molar-refractivity contribution in [3.05, 3.63) is 278 Å². The summed E-state index contributed by atoms with van der Waals surface area (Å²) in [5, 5.41) is 7.42. The number of hydrogen-bond acceptors (Lipinski definition) is 2. The molecule has 0 bridgehead atoms. The smallest absolute Gasteiger partial charge is 0.0468 e. The van der Waals surface area contributed by atoms with Gasteiger partial charge in [-0.15, -0.1) is 0 Å². The Kier molecular flexibility index (Phi) is 12.8. The van der Waals surface area contributed by atoms with Gasteiger partial charge in [-0.05, 0) is 158 Å². The minimum atomic E-state index is 1.10. The highest BCUT2D eigenvalue weighted by molar-refractivity contribution is 5.98. The maximum absolute atomic E-state index is 2.34. The molecule has 0 saturated heterocycles. The lowest BCUT2D eigenvalue weighted by atomic mass is 9.98. The molecule has 2 heteroatoms. The van der Waals surface area contributed by atoms with Gasteiger partial charge in [-0.1, -0.05) is 200 Å². The van der Waals surface area contributed by atoms with Crippen LogP contribution in [0.15, 0.2) is 267 Å². The number of para-hydroxylation sites is 2. The van der Waals surface area contributed by atoms with E-state index in [1.54, 1.807) is 0 Å². The Morgan fingerprint density at radius 3 is 1.15 bits per heavy atom. The van der Waals surface area contributed by atoms with E-state index in [4.69, 9.17) is 0 Å². The van der Waals surface area contributed by atoms with Crippen LogP contribution in [0.1, 0.15) is 25.0 Å². The lowest BCUT2D eigenvalue weighted by molar-refractivity contribution is 1.28. The third-order valence-electron chi connectivity index (χ3n) is 12.5. The first-order valence-electron chi connectivity index (χ1n) is 23.4. The van der Waals surface area contributed by atoms with Gasteiger partial charge in [-0.2, -0.15) is 0 Å². The Morgan fingerprint density at radius 1 is 0.265 bits per heavy atom. The van der Waals surface area contributed by atoms with Gasteiger partial charge in [-0.3, -0.25) is 0 Å². The molecule has 0 aromatic heterocycles. The van der Waals surface area contributed by atoms with E-state index in [1.165, 1.54) is 54.6 Å². The van der Waals surface area contributed by atoms with E-state index in [0.29, 0.717) is 0 Å². The molecular formula is C66H52N2. The Labute approximate surface area is 400 Å². The largest absolute Gasteiger partial charge is 0.311 e. The molecule has 0 aliphatic carbocycles. The third kappa shape index (κ3) is 9.35. The number of nitrogens with zero attached hydrogens (tertiary/aromatic N) is 2. The van der Waals surface area contributed by atoms with Crippen LogP contribution in [0.5, 0.6) is 0 Å². The summed E-state index contributed by atoms with van der Waals surface area (Å²) in [6, 6.07) is 91.6. The average Bonchev–Trinajstić information content (AvgIpc) is 3.41. The van der Waals surface area contributed by atoms with Crippen molar-refractivity contribution in [2.24, 2.45) is 0 Å². The van der Waals surface area contributed by atoms with Crippen LogP contribution in [0.4, 0.5) is 34.1 Å². The van der Waals surface area contributed by atoms with Gasteiger partial charge in [-0.25, -0.2) is 0 Å². The van der Waals surface area contributed by atoms with Crippen LogP contribution in [0.25, 0.3) is 66.7 Å². The molecule has 0 N–H and O–H groups in total. The molecule has 0 spiro atoms. The second-order valence-corrected chi connectivity index (χ2v) is 16.9. The minimum absolute atomic E-state index is 1.10. The Morgan fingerprint density at radius 2 is 0.632 bits per heavy atom. The van der Waals surface area contributed by atoms with Crippen LogP contribution in [-0.4, -0.2) is 0 Å². The summed E-state index contributed by atoms with van der Waals surface area (Å²) >= 11 is 0. The first kappa shape index (κ1) is 43.2. The van der Waals surface area contributed by atoms with Crippen LogP contribution in [-0.2, 0) is 0 Å². The first-order chi connectivity index (χ1) is 33.6. The highest BCUT2D eigenvalue weighted by Gasteiger charge is 2.15. The van der Waals surface area contributed by atoms with Crippen molar-refractivity contribution in [1.29, 1.82) is 0 Å². The fraction of sp³-hybridized carbons (Fsp3) is 0.0303. The van der Waals surface area contributed by atoms with Gasteiger partial charge in [0.1, 0.15) is 0 Å². The fourth-order valence-electron chi connectivity index (χ4n) is 9.00. The van der Waals surface area contributed by atoms with E-state index in [9.17, 15) is 0 Å². The predicted octanol–water partition coefficient (Wildman–Crippen LogP) is 19.2. The van der Waals surface area contributed by atoms with Gasteiger partial charge in [0.2, 0.25) is 0 Å². The summed E-state index contributed by atoms with van der Waals surface area (Å²) in [6.45, 7) is 4.00. The van der Waals surface area contributed by atoms with E-state index in [-0.39, 0.29) is 0 Å². The summed E-state index contributed by atoms with van der Waals surface area (Å²) in [6.07, 6.45) is 8.40. The summed E-state index contributed by atoms with van der Waals surface area (Å²) < 4.78 is 0. The van der Waals surface area contributed by atoms with Crippen LogP contribution in [0.2, 0.25) is 0 Å². The zero-order chi connectivity index (χ0) is 46.1. The Balaban J connectivity index is 0.00000130. The van der Waals surface area contributed by atoms with Crippen LogP contribution < -0.4 is 9.80 Å². The van der Waals surface area contributed by atoms with E-state index in [2.05, 4.69) is 277 Å². The van der Waals surface area contributed by atoms with Gasteiger partial charge in [0.25, 0.3) is 0 Å². The van der Waals surface area contributed by atoms with Crippen LogP contribution >= 0.6 is 0 Å². The summed E-state index contributed by atoms with van der Waals surface area (Å²) in [5.41, 5.74) is 13.9. The standard InChI is InChI=1S/C62H44N2.C4H8/c1-3-17-53(18-4-1)63(56-38-31-49(32-39-56)61-23-11-15-47-13-7-9-21-59(47)61)55-36-28-45(29-37-55)25-26-46-27-30-52-44-58(42-35-51(52)43-46)64(54-19-5-2-6-20-54)57-40-33-50(34-41-57)62-24-12-16-48-14-8-10-22-60(48)62;1-3-4-2/h1-44H;3-4H,1-2H3/b26-25+;4-3-. The lowest BCUT2D eigenvalue weighted by Crippen LogP contribution is -2.09. The van der Waals surface area contributed by atoms with Crippen molar-refractivity contribution in [2.75, 3.05) is 9.80 Å². The second kappa shape index (κ2) is 20.2. The molecule has 0 radical (unpaired) electrons. The fourth-order valence-corrected chi connectivity index (χ4v) is 9.00. The Hall–Kier alpha value is -8.72. The molecule has 0 saturated carbocycles. The first-order valence-corrected chi connectivity index (χ1v) is 23.4. The SMILES string of the molecule is C(=C\c1ccc2cc(N(c3ccccc3)c3ccc(-c4cccc5ccccc45)cc3)ccc2c1)/c1ccc(N(c2ccccc2)c2ccc(-c3cccc4ccccc34)cc2)cc1.C/C=C\C. The minimum Gasteiger partial charge on any atom is -0.311 e. The maximum Gasteiger partial charge on any atom is 0.0468 e. The van der Waals surface area contributed by atoms with Crippen LogP contribution in [0.3, 0.4) is 0 Å². The van der Waals surface area contributed by atoms with Gasteiger partial charge in [0.15, 0.2) is 0 Å². The molecule has 0 unspecified atom stereocenters. The monoisotopic (exact) mass is 872 g/mol. The van der Waals surface area contributed by atoms with E-state index in [1.807, 2.05) is 26.0 Å². The number of anilines is 6. The molecule has 11 aromatic carbocycles. The average molecular weight is 873 g/mol. The molecule has 68 heavy (non-hydrogen) atoms. The van der Waals surface area contributed by atoms with Crippen molar-refractivity contribution < 1.29 is 0 Å². The van der Waals surface area contributed by atoms with Crippen molar-refractivity contribution in [3.8, 4) is 22.3 Å². The molecule has 326 valence electrons. The Bertz CT molecular complexity index is 3480. The number of rotatable bonds is 10. The molecule has 2 nitrogen and oxygen atoms in total. The highest BCUT2D eigenvalue weighted by atomic mass is 15.1. The molecule has 11 rings (SSSR count). The van der Waals surface area contributed by atoms with Crippen molar-refractivity contribution in [3.63, 3.8) is 0 Å². The number of fused-ring (bicyclic) bond motifs is 3. The lowest BCUT2D eigenvalue weighted by Gasteiger charge is -2.26. The molecule has 0 aliphatic rings. The van der Waals surface area contributed by atoms with Crippen molar-refractivity contribution in [1.82, 2.24) is 0 Å². The molecule has 0 amide bonds. The quantitative estimate of drug-likeness (QED) is 0.0998. The van der Waals surface area contributed by atoms with E-state index >= 15 is 0 Å². The van der Waals surface area contributed by atoms with Gasteiger partial charge in [0, 0.05) is 34.1 Å². The van der Waals surface area contributed by atoms with E-state index in [0.717, 1.165) is 45.3 Å². The third-order valence-corrected chi connectivity index (χ3v) is 12.5. The number of benzene rings is 11. The molecule has 0 fully saturated rings. The molecule has 0 atom stereocenters. The van der Waals surface area contributed by atoms with Crippen molar-refractivity contribution >= 4 is 78.6 Å². The topological polar surface area (TPSA) is 6.48 Å². The molecule has 0 heterocycles. The van der Waals surface area contributed by atoms with Gasteiger partial charge >= 0.3 is 0 Å². The van der Waals surface area contributed by atoms with Crippen molar-refractivity contribution in [2.45, 2.75) is 13.8 Å². The normalized spacial score (nSPS) is 11.3. The number of allylic oxidation sites excluding steroid dienone is 2. The summed E-state index contributed by atoms with van der Waals surface area (Å²) in [4.78, 5) is 4.66. The van der Waals surface area contributed by atoms with E-state index < -0.39 is 0 Å². The summed E-state index contributed by atoms with van der Waals surface area (Å²) in [5.74, 6) is 0. The summed E-state index contributed by atoms with van der Waals surface area (Å²) in [7, 11) is 0.